The second kappa shape index (κ2) is 11.1. The molecule has 1 aromatic rings. The predicted molar refractivity (Wildman–Crippen MR) is 98.9 cm³/mol. The summed E-state index contributed by atoms with van der Waals surface area (Å²) >= 11 is 0. The summed E-state index contributed by atoms with van der Waals surface area (Å²) in [5.41, 5.74) is 0.215. The zero-order chi connectivity index (χ0) is 19.5. The smallest absolute Gasteiger partial charge is 0.379 e. The van der Waals surface area contributed by atoms with Crippen LogP contribution >= 0.6 is 0 Å². The van der Waals surface area contributed by atoms with E-state index >= 15 is 0 Å². The van der Waals surface area contributed by atoms with Crippen molar-refractivity contribution in [2.24, 2.45) is 4.99 Å². The van der Waals surface area contributed by atoms with E-state index in [0.29, 0.717) is 32.1 Å². The van der Waals surface area contributed by atoms with Gasteiger partial charge in [-0.2, -0.15) is 13.2 Å². The molecule has 1 aliphatic rings. The number of ether oxygens (including phenoxy) is 2. The van der Waals surface area contributed by atoms with Crippen LogP contribution in [0.5, 0.6) is 0 Å². The summed E-state index contributed by atoms with van der Waals surface area (Å²) in [5, 5.41) is 6.35. The molecule has 27 heavy (non-hydrogen) atoms. The van der Waals surface area contributed by atoms with E-state index in [0.717, 1.165) is 50.1 Å². The van der Waals surface area contributed by atoms with Crippen molar-refractivity contribution in [3.63, 3.8) is 0 Å². The molecule has 0 aliphatic carbocycles. The highest BCUT2D eigenvalue weighted by Crippen LogP contribution is 2.29. The lowest BCUT2D eigenvalue weighted by molar-refractivity contribution is -0.137. The van der Waals surface area contributed by atoms with E-state index in [9.17, 15) is 13.2 Å². The van der Waals surface area contributed by atoms with E-state index in [-0.39, 0.29) is 6.10 Å². The lowest BCUT2D eigenvalue weighted by atomic mass is 10.1. The summed E-state index contributed by atoms with van der Waals surface area (Å²) in [6, 6.07) is 5.23. The van der Waals surface area contributed by atoms with Gasteiger partial charge in [0.05, 0.1) is 18.3 Å². The van der Waals surface area contributed by atoms with E-state index < -0.39 is 11.7 Å². The summed E-state index contributed by atoms with van der Waals surface area (Å²) in [7, 11) is 1.68. The van der Waals surface area contributed by atoms with E-state index in [4.69, 9.17) is 9.47 Å². The molecule has 0 amide bonds. The molecule has 1 aromatic carbocycles. The van der Waals surface area contributed by atoms with Gasteiger partial charge in [-0.15, -0.1) is 0 Å². The fraction of sp³-hybridized carbons (Fsp3) is 0.632. The number of halogens is 3. The Bertz CT molecular complexity index is 571. The molecule has 8 heteroatoms. The van der Waals surface area contributed by atoms with Crippen LogP contribution in [0.3, 0.4) is 0 Å². The maximum absolute atomic E-state index is 12.5. The summed E-state index contributed by atoms with van der Waals surface area (Å²) in [4.78, 5) is 4.13. The average Bonchev–Trinajstić information content (AvgIpc) is 3.16. The SMILES string of the molecule is CN=C(NCCCOCC1CCCO1)NCCc1ccc(C(F)(F)F)cc1. The Balaban J connectivity index is 1.55. The van der Waals surface area contributed by atoms with Crippen molar-refractivity contribution in [2.45, 2.75) is 38.0 Å². The molecule has 5 nitrogen and oxygen atoms in total. The van der Waals surface area contributed by atoms with Crippen molar-refractivity contribution >= 4 is 5.96 Å². The third-order valence-corrected chi connectivity index (χ3v) is 4.30. The van der Waals surface area contributed by atoms with Crippen molar-refractivity contribution in [2.75, 3.05) is 40.0 Å². The van der Waals surface area contributed by atoms with Crippen molar-refractivity contribution in [1.29, 1.82) is 0 Å². The Labute approximate surface area is 158 Å². The van der Waals surface area contributed by atoms with Crippen molar-refractivity contribution in [3.8, 4) is 0 Å². The maximum Gasteiger partial charge on any atom is 0.416 e. The molecule has 2 N–H and O–H groups in total. The quantitative estimate of drug-likeness (QED) is 0.389. The Morgan fingerprint density at radius 1 is 1.22 bits per heavy atom. The first kappa shape index (κ1) is 21.5. The Kier molecular flexibility index (Phi) is 8.87. The molecular formula is C19H28F3N3O2. The van der Waals surface area contributed by atoms with Crippen LogP contribution in [0.15, 0.2) is 29.3 Å². The van der Waals surface area contributed by atoms with Gasteiger partial charge < -0.3 is 20.1 Å². The third kappa shape index (κ3) is 8.17. The van der Waals surface area contributed by atoms with Gasteiger partial charge >= 0.3 is 6.18 Å². The van der Waals surface area contributed by atoms with Crippen LogP contribution in [-0.4, -0.2) is 52.0 Å². The highest BCUT2D eigenvalue weighted by atomic mass is 19.4. The fourth-order valence-electron chi connectivity index (χ4n) is 2.78. The minimum atomic E-state index is -4.30. The van der Waals surface area contributed by atoms with Crippen LogP contribution < -0.4 is 10.6 Å². The van der Waals surface area contributed by atoms with E-state index in [2.05, 4.69) is 15.6 Å². The molecule has 0 bridgehead atoms. The van der Waals surface area contributed by atoms with Gasteiger partial charge in [0.25, 0.3) is 0 Å². The first-order valence-corrected chi connectivity index (χ1v) is 9.29. The molecule has 152 valence electrons. The molecule has 1 saturated heterocycles. The van der Waals surface area contributed by atoms with Gasteiger partial charge in [-0.25, -0.2) is 0 Å². The Morgan fingerprint density at radius 2 is 1.96 bits per heavy atom. The highest BCUT2D eigenvalue weighted by molar-refractivity contribution is 5.79. The molecule has 1 unspecified atom stereocenters. The number of aliphatic imine (C=N–C) groups is 1. The van der Waals surface area contributed by atoms with E-state index in [1.165, 1.54) is 12.1 Å². The molecule has 1 atom stereocenters. The highest BCUT2D eigenvalue weighted by Gasteiger charge is 2.29. The number of rotatable bonds is 9. The third-order valence-electron chi connectivity index (χ3n) is 4.30. The molecule has 2 rings (SSSR count). The maximum atomic E-state index is 12.5. The predicted octanol–water partition coefficient (Wildman–Crippen LogP) is 3.00. The van der Waals surface area contributed by atoms with Crippen LogP contribution in [0.1, 0.15) is 30.4 Å². The number of hydrogen-bond donors (Lipinski definition) is 2. The lowest BCUT2D eigenvalue weighted by Gasteiger charge is -2.13. The van der Waals surface area contributed by atoms with Crippen LogP contribution in [0.4, 0.5) is 13.2 Å². The molecule has 0 saturated carbocycles. The van der Waals surface area contributed by atoms with Crippen molar-refractivity contribution in [3.05, 3.63) is 35.4 Å². The van der Waals surface area contributed by atoms with Gasteiger partial charge in [-0.3, -0.25) is 4.99 Å². The first-order chi connectivity index (χ1) is 13.0. The van der Waals surface area contributed by atoms with Crippen LogP contribution in [0.25, 0.3) is 0 Å². The number of nitrogens with one attached hydrogen (secondary N) is 2. The van der Waals surface area contributed by atoms with Crippen LogP contribution in [-0.2, 0) is 22.1 Å². The second-order valence-electron chi connectivity index (χ2n) is 6.43. The minimum absolute atomic E-state index is 0.248. The zero-order valence-electron chi connectivity index (χ0n) is 15.6. The topological polar surface area (TPSA) is 54.9 Å². The monoisotopic (exact) mass is 387 g/mol. The van der Waals surface area contributed by atoms with Crippen LogP contribution in [0.2, 0.25) is 0 Å². The van der Waals surface area contributed by atoms with Crippen molar-refractivity contribution in [1.82, 2.24) is 10.6 Å². The minimum Gasteiger partial charge on any atom is -0.379 e. The van der Waals surface area contributed by atoms with Gasteiger partial charge in [0.2, 0.25) is 0 Å². The number of guanidine groups is 1. The number of alkyl halides is 3. The number of benzene rings is 1. The van der Waals surface area contributed by atoms with Gasteiger partial charge in [0.1, 0.15) is 0 Å². The summed E-state index contributed by atoms with van der Waals surface area (Å²) in [5.74, 6) is 0.668. The first-order valence-electron chi connectivity index (χ1n) is 9.29. The number of nitrogens with zero attached hydrogens (tertiary/aromatic N) is 1. The average molecular weight is 387 g/mol. The van der Waals surface area contributed by atoms with Gasteiger partial charge in [-0.05, 0) is 43.4 Å². The van der Waals surface area contributed by atoms with Crippen LogP contribution in [0, 0.1) is 0 Å². The molecule has 0 radical (unpaired) electrons. The summed E-state index contributed by atoms with van der Waals surface area (Å²) in [6.45, 7) is 3.46. The van der Waals surface area contributed by atoms with E-state index in [1.54, 1.807) is 7.05 Å². The molecular weight excluding hydrogens is 359 g/mol. The van der Waals surface area contributed by atoms with Gasteiger partial charge in [0.15, 0.2) is 5.96 Å². The standard InChI is InChI=1S/C19H28F3N3O2/c1-23-18(24-10-3-12-26-14-17-4-2-13-27-17)25-11-9-15-5-7-16(8-6-15)19(20,21)22/h5-8,17H,2-4,9-14H2,1H3,(H2,23,24,25). The Morgan fingerprint density at radius 3 is 2.59 bits per heavy atom. The molecule has 0 spiro atoms. The normalized spacial score (nSPS) is 17.9. The summed E-state index contributed by atoms with van der Waals surface area (Å²) in [6.07, 6.45) is -0.387. The fourth-order valence-corrected chi connectivity index (χ4v) is 2.78. The second-order valence-corrected chi connectivity index (χ2v) is 6.43. The molecule has 1 aliphatic heterocycles. The molecule has 0 aromatic heterocycles. The molecule has 1 heterocycles. The summed E-state index contributed by atoms with van der Waals surface area (Å²) < 4.78 is 48.7. The lowest BCUT2D eigenvalue weighted by Crippen LogP contribution is -2.39. The van der Waals surface area contributed by atoms with Crippen molar-refractivity contribution < 1.29 is 22.6 Å². The van der Waals surface area contributed by atoms with Gasteiger partial charge in [0, 0.05) is 33.4 Å². The number of hydrogen-bond acceptors (Lipinski definition) is 3. The van der Waals surface area contributed by atoms with Gasteiger partial charge in [-0.1, -0.05) is 12.1 Å². The molecule has 1 fully saturated rings. The largest absolute Gasteiger partial charge is 0.416 e. The Hall–Kier alpha value is -1.80. The zero-order valence-corrected chi connectivity index (χ0v) is 15.6. The van der Waals surface area contributed by atoms with E-state index in [1.807, 2.05) is 0 Å².